The Kier molecular flexibility index (Phi) is 2.84. The zero-order chi connectivity index (χ0) is 12.8. The Bertz CT molecular complexity index is 715. The number of halogens is 1. The first kappa shape index (κ1) is 12.6. The van der Waals surface area contributed by atoms with Crippen LogP contribution in [0.3, 0.4) is 0 Å². The fourth-order valence-corrected chi connectivity index (χ4v) is 5.07. The molecule has 1 aliphatic heterocycles. The van der Waals surface area contributed by atoms with Crippen LogP contribution in [-0.4, -0.2) is 28.8 Å². The number of hydrogen-bond acceptors (Lipinski definition) is 4. The lowest BCUT2D eigenvalue weighted by molar-refractivity contribution is 0.596. The molecular formula is C10H9ClO4S2. The Morgan fingerprint density at radius 2 is 1.94 bits per heavy atom. The maximum Gasteiger partial charge on any atom is 0.204 e. The highest BCUT2D eigenvalue weighted by molar-refractivity contribution is 7.98. The Labute approximate surface area is 105 Å². The summed E-state index contributed by atoms with van der Waals surface area (Å²) in [6.07, 6.45) is 2.32. The van der Waals surface area contributed by atoms with Gasteiger partial charge in [-0.3, -0.25) is 0 Å². The third-order valence-corrected chi connectivity index (χ3v) is 5.59. The summed E-state index contributed by atoms with van der Waals surface area (Å²) in [4.78, 5) is -0.0493. The molecule has 1 heterocycles. The average Bonchev–Trinajstić information content (AvgIpc) is 2.39. The standard InChI is InChI=1S/C10H9ClO4S2/c1-16(12,13)6-7-5-8-9(11)3-2-4-10(8)17(7,14)15/h2-5H,6H2,1H3. The molecule has 0 atom stereocenters. The smallest absolute Gasteiger partial charge is 0.204 e. The number of fused-ring (bicyclic) bond motifs is 1. The van der Waals surface area contributed by atoms with Crippen molar-refractivity contribution in [2.24, 2.45) is 0 Å². The molecule has 17 heavy (non-hydrogen) atoms. The van der Waals surface area contributed by atoms with Crippen LogP contribution in [0, 0.1) is 0 Å². The topological polar surface area (TPSA) is 68.3 Å². The zero-order valence-corrected chi connectivity index (χ0v) is 11.2. The van der Waals surface area contributed by atoms with Crippen molar-refractivity contribution in [3.8, 4) is 0 Å². The molecule has 0 radical (unpaired) electrons. The van der Waals surface area contributed by atoms with Crippen molar-refractivity contribution in [1.82, 2.24) is 0 Å². The molecule has 1 aliphatic rings. The van der Waals surface area contributed by atoms with Crippen molar-refractivity contribution >= 4 is 37.4 Å². The highest BCUT2D eigenvalue weighted by Crippen LogP contribution is 2.37. The number of benzene rings is 1. The van der Waals surface area contributed by atoms with E-state index in [1.165, 1.54) is 18.2 Å². The van der Waals surface area contributed by atoms with Crippen molar-refractivity contribution < 1.29 is 16.8 Å². The minimum Gasteiger partial charge on any atom is -0.229 e. The van der Waals surface area contributed by atoms with E-state index in [0.29, 0.717) is 10.6 Å². The normalized spacial score (nSPS) is 17.6. The highest BCUT2D eigenvalue weighted by Gasteiger charge is 2.32. The summed E-state index contributed by atoms with van der Waals surface area (Å²) >= 11 is 5.87. The van der Waals surface area contributed by atoms with E-state index in [2.05, 4.69) is 0 Å². The van der Waals surface area contributed by atoms with Crippen LogP contribution in [0.1, 0.15) is 5.56 Å². The molecule has 0 saturated carbocycles. The van der Waals surface area contributed by atoms with E-state index in [-0.39, 0.29) is 9.80 Å². The van der Waals surface area contributed by atoms with Gasteiger partial charge in [-0.05, 0) is 18.2 Å². The van der Waals surface area contributed by atoms with E-state index >= 15 is 0 Å². The number of rotatable bonds is 2. The van der Waals surface area contributed by atoms with Crippen LogP contribution in [0.25, 0.3) is 6.08 Å². The lowest BCUT2D eigenvalue weighted by Crippen LogP contribution is -2.11. The molecule has 1 aromatic carbocycles. The van der Waals surface area contributed by atoms with Crippen LogP contribution in [0.2, 0.25) is 5.02 Å². The van der Waals surface area contributed by atoms with Gasteiger partial charge < -0.3 is 0 Å². The molecule has 0 spiro atoms. The quantitative estimate of drug-likeness (QED) is 0.828. The van der Waals surface area contributed by atoms with Gasteiger partial charge >= 0.3 is 0 Å². The van der Waals surface area contributed by atoms with Gasteiger partial charge in [0.05, 0.1) is 15.6 Å². The SMILES string of the molecule is CS(=O)(=O)CC1=Cc2c(Cl)cccc2S1(=O)=O. The molecule has 1 aromatic rings. The van der Waals surface area contributed by atoms with Gasteiger partial charge in [-0.1, -0.05) is 17.7 Å². The summed E-state index contributed by atoms with van der Waals surface area (Å²) in [5.74, 6) is -0.500. The van der Waals surface area contributed by atoms with E-state index in [9.17, 15) is 16.8 Å². The van der Waals surface area contributed by atoms with Crippen LogP contribution in [-0.2, 0) is 19.7 Å². The van der Waals surface area contributed by atoms with E-state index in [4.69, 9.17) is 11.6 Å². The van der Waals surface area contributed by atoms with Gasteiger partial charge in [0.15, 0.2) is 9.84 Å². The maximum atomic E-state index is 12.0. The summed E-state index contributed by atoms with van der Waals surface area (Å²) < 4.78 is 46.4. The summed E-state index contributed by atoms with van der Waals surface area (Å²) in [5, 5.41) is 0.301. The molecule has 2 rings (SSSR count). The Morgan fingerprint density at radius 1 is 1.29 bits per heavy atom. The lowest BCUT2D eigenvalue weighted by atomic mass is 10.2. The molecule has 7 heteroatoms. The zero-order valence-electron chi connectivity index (χ0n) is 8.84. The molecular weight excluding hydrogens is 284 g/mol. The first-order valence-corrected chi connectivity index (χ1v) is 8.56. The fourth-order valence-electron chi connectivity index (χ4n) is 1.65. The maximum absolute atomic E-state index is 12.0. The van der Waals surface area contributed by atoms with E-state index in [0.717, 1.165) is 6.26 Å². The van der Waals surface area contributed by atoms with Gasteiger partial charge in [0, 0.05) is 16.8 Å². The predicted octanol–water partition coefficient (Wildman–Crippen LogP) is 1.51. The molecule has 0 N–H and O–H groups in total. The molecule has 92 valence electrons. The van der Waals surface area contributed by atoms with Crippen LogP contribution in [0.5, 0.6) is 0 Å². The van der Waals surface area contributed by atoms with Crippen molar-refractivity contribution in [1.29, 1.82) is 0 Å². The summed E-state index contributed by atoms with van der Waals surface area (Å²) in [6.45, 7) is 0. The van der Waals surface area contributed by atoms with E-state index in [1.807, 2.05) is 0 Å². The van der Waals surface area contributed by atoms with Crippen molar-refractivity contribution in [2.45, 2.75) is 4.90 Å². The third-order valence-electron chi connectivity index (χ3n) is 2.36. The molecule has 0 aromatic heterocycles. The molecule has 0 amide bonds. The molecule has 0 aliphatic carbocycles. The van der Waals surface area contributed by atoms with Crippen LogP contribution in [0.15, 0.2) is 28.0 Å². The number of hydrogen-bond donors (Lipinski definition) is 0. The summed E-state index contributed by atoms with van der Waals surface area (Å²) in [6, 6.07) is 4.51. The van der Waals surface area contributed by atoms with Gasteiger partial charge in [-0.25, -0.2) is 16.8 Å². The Balaban J connectivity index is 2.63. The number of sulfone groups is 2. The van der Waals surface area contributed by atoms with E-state index < -0.39 is 25.4 Å². The van der Waals surface area contributed by atoms with Crippen LogP contribution in [0.4, 0.5) is 0 Å². The van der Waals surface area contributed by atoms with Gasteiger partial charge in [0.25, 0.3) is 0 Å². The molecule has 4 nitrogen and oxygen atoms in total. The first-order valence-electron chi connectivity index (χ1n) is 4.64. The summed E-state index contributed by atoms with van der Waals surface area (Å²) in [5.41, 5.74) is 0.368. The summed E-state index contributed by atoms with van der Waals surface area (Å²) in [7, 11) is -7.10. The van der Waals surface area contributed by atoms with E-state index in [1.54, 1.807) is 6.07 Å². The largest absolute Gasteiger partial charge is 0.229 e. The molecule has 0 bridgehead atoms. The average molecular weight is 293 g/mol. The molecule has 0 unspecified atom stereocenters. The van der Waals surface area contributed by atoms with Crippen molar-refractivity contribution in [3.63, 3.8) is 0 Å². The second-order valence-corrected chi connectivity index (χ2v) is 8.35. The molecule has 0 saturated heterocycles. The van der Waals surface area contributed by atoms with Crippen molar-refractivity contribution in [2.75, 3.05) is 12.0 Å². The van der Waals surface area contributed by atoms with Crippen LogP contribution < -0.4 is 0 Å². The van der Waals surface area contributed by atoms with Gasteiger partial charge in [-0.2, -0.15) is 0 Å². The second-order valence-electron chi connectivity index (χ2n) is 3.84. The fraction of sp³-hybridized carbons (Fsp3) is 0.200. The van der Waals surface area contributed by atoms with Gasteiger partial charge in [0.2, 0.25) is 9.84 Å². The van der Waals surface area contributed by atoms with Crippen LogP contribution >= 0.6 is 11.6 Å². The highest BCUT2D eigenvalue weighted by atomic mass is 35.5. The minimum atomic E-state index is -3.70. The first-order chi connectivity index (χ1) is 7.72. The lowest BCUT2D eigenvalue weighted by Gasteiger charge is -2.02. The minimum absolute atomic E-state index is 0.0728. The van der Waals surface area contributed by atoms with Crippen molar-refractivity contribution in [3.05, 3.63) is 33.7 Å². The monoisotopic (exact) mass is 292 g/mol. The van der Waals surface area contributed by atoms with Gasteiger partial charge in [-0.15, -0.1) is 0 Å². The van der Waals surface area contributed by atoms with Gasteiger partial charge in [0.1, 0.15) is 0 Å². The predicted molar refractivity (Wildman–Crippen MR) is 66.3 cm³/mol. The second kappa shape index (κ2) is 3.83. The Morgan fingerprint density at radius 3 is 2.47 bits per heavy atom. The third kappa shape index (κ3) is 2.25. The molecule has 0 fully saturated rings. The Hall–Kier alpha value is -0.850.